The van der Waals surface area contributed by atoms with E-state index in [0.29, 0.717) is 57.7 Å². The summed E-state index contributed by atoms with van der Waals surface area (Å²) in [6.07, 6.45) is 4.06. The van der Waals surface area contributed by atoms with E-state index >= 15 is 0 Å². The number of aryl methyl sites for hydroxylation is 1. The average Bonchev–Trinajstić information content (AvgIpc) is 3.09. The Morgan fingerprint density at radius 1 is 0.812 bits per heavy atom. The zero-order chi connectivity index (χ0) is 34.1. The predicted octanol–water partition coefficient (Wildman–Crippen LogP) is 5.37. The standard InChI is InChI=1S/C37H37ClN6O4/c1-5-42(22-39-3)31-14-13-28-33-25(31)10-7-12-27(33)35(46)44(36(28)47)20-19-41(4)17-8-15-40-16-18-43-34(45)26-11-6-9-24-23(2)30(38)21-29(32(24)26)37(43)48/h5-7,9-14,21-22,40H,1,8,15-20H2,2-4H3. The van der Waals surface area contributed by atoms with Gasteiger partial charge >= 0.3 is 0 Å². The van der Waals surface area contributed by atoms with Crippen molar-refractivity contribution in [2.45, 2.75) is 13.3 Å². The van der Waals surface area contributed by atoms with Crippen LogP contribution in [0.1, 0.15) is 53.4 Å². The van der Waals surface area contributed by atoms with Crippen LogP contribution in [0.2, 0.25) is 5.02 Å². The van der Waals surface area contributed by atoms with Gasteiger partial charge in [-0.1, -0.05) is 42.4 Å². The highest BCUT2D eigenvalue weighted by atomic mass is 35.5. The van der Waals surface area contributed by atoms with Gasteiger partial charge in [0.05, 0.1) is 17.6 Å². The molecule has 246 valence electrons. The molecule has 2 aliphatic rings. The Morgan fingerprint density at radius 2 is 1.42 bits per heavy atom. The molecule has 48 heavy (non-hydrogen) atoms. The minimum absolute atomic E-state index is 0.238. The summed E-state index contributed by atoms with van der Waals surface area (Å²) in [6, 6.07) is 16.2. The summed E-state index contributed by atoms with van der Waals surface area (Å²) >= 11 is 6.41. The van der Waals surface area contributed by atoms with Gasteiger partial charge in [0, 0.05) is 77.3 Å². The first-order valence-corrected chi connectivity index (χ1v) is 16.3. The molecule has 4 amide bonds. The van der Waals surface area contributed by atoms with Crippen molar-refractivity contribution in [3.63, 3.8) is 0 Å². The highest BCUT2D eigenvalue weighted by Gasteiger charge is 2.35. The number of nitrogens with one attached hydrogen (secondary N) is 1. The number of nitrogens with zero attached hydrogens (tertiary/aromatic N) is 5. The van der Waals surface area contributed by atoms with Crippen LogP contribution in [0.5, 0.6) is 0 Å². The largest absolute Gasteiger partial charge is 0.315 e. The lowest BCUT2D eigenvalue weighted by Crippen LogP contribution is -2.44. The van der Waals surface area contributed by atoms with Crippen LogP contribution in [0.4, 0.5) is 5.69 Å². The van der Waals surface area contributed by atoms with Crippen molar-refractivity contribution in [1.82, 2.24) is 20.0 Å². The van der Waals surface area contributed by atoms with E-state index in [1.165, 1.54) is 9.80 Å². The molecule has 0 bridgehead atoms. The van der Waals surface area contributed by atoms with Gasteiger partial charge in [0.2, 0.25) is 0 Å². The Bertz CT molecular complexity index is 2000. The molecule has 0 aliphatic carbocycles. The number of carbonyl (C=O) groups excluding carboxylic acids is 4. The number of halogens is 1. The van der Waals surface area contributed by atoms with Crippen LogP contribution in [0.3, 0.4) is 0 Å². The van der Waals surface area contributed by atoms with Crippen LogP contribution in [0.25, 0.3) is 21.5 Å². The lowest BCUT2D eigenvalue weighted by molar-refractivity contribution is 0.0589. The molecule has 0 saturated carbocycles. The Balaban J connectivity index is 1.00. The number of benzene rings is 4. The quantitative estimate of drug-likeness (QED) is 0.0887. The highest BCUT2D eigenvalue weighted by molar-refractivity contribution is 6.35. The number of likely N-dealkylation sites (N-methyl/N-ethyl adjacent to an activating group) is 1. The van der Waals surface area contributed by atoms with E-state index in [4.69, 9.17) is 11.6 Å². The lowest BCUT2D eigenvalue weighted by atomic mass is 9.91. The molecule has 4 aromatic rings. The molecular weight excluding hydrogens is 628 g/mol. The van der Waals surface area contributed by atoms with E-state index in [1.54, 1.807) is 48.8 Å². The van der Waals surface area contributed by atoms with Gasteiger partial charge in [-0.15, -0.1) is 0 Å². The number of aliphatic imine (C=N–C) groups is 1. The van der Waals surface area contributed by atoms with Crippen LogP contribution in [0, 0.1) is 6.92 Å². The fraction of sp³-hybridized carbons (Fsp3) is 0.270. The normalized spacial score (nSPS) is 14.4. The lowest BCUT2D eigenvalue weighted by Gasteiger charge is -2.30. The Morgan fingerprint density at radius 3 is 2.08 bits per heavy atom. The minimum Gasteiger partial charge on any atom is -0.315 e. The van der Waals surface area contributed by atoms with E-state index in [0.717, 1.165) is 35.0 Å². The van der Waals surface area contributed by atoms with E-state index in [2.05, 4.69) is 21.8 Å². The molecule has 1 N–H and O–H groups in total. The average molecular weight is 665 g/mol. The maximum atomic E-state index is 13.5. The Kier molecular flexibility index (Phi) is 9.41. The smallest absolute Gasteiger partial charge is 0.261 e. The second kappa shape index (κ2) is 13.7. The fourth-order valence-electron chi connectivity index (χ4n) is 6.59. The molecule has 0 saturated heterocycles. The number of anilines is 1. The third-order valence-electron chi connectivity index (χ3n) is 9.11. The summed E-state index contributed by atoms with van der Waals surface area (Å²) in [5.74, 6) is -1.25. The summed E-state index contributed by atoms with van der Waals surface area (Å²) in [7, 11) is 3.62. The van der Waals surface area contributed by atoms with Crippen molar-refractivity contribution in [1.29, 1.82) is 0 Å². The van der Waals surface area contributed by atoms with E-state index in [9.17, 15) is 19.2 Å². The first kappa shape index (κ1) is 33.0. The van der Waals surface area contributed by atoms with Crippen LogP contribution in [0.15, 0.2) is 72.4 Å². The second-order valence-electron chi connectivity index (χ2n) is 12.0. The number of hydrogen-bond donors (Lipinski definition) is 1. The van der Waals surface area contributed by atoms with Crippen LogP contribution in [-0.2, 0) is 0 Å². The predicted molar refractivity (Wildman–Crippen MR) is 190 cm³/mol. The monoisotopic (exact) mass is 664 g/mol. The Hall–Kier alpha value is -4.90. The molecular formula is C37H37ClN6O4. The number of imide groups is 2. The zero-order valence-corrected chi connectivity index (χ0v) is 28.0. The van der Waals surface area contributed by atoms with Crippen molar-refractivity contribution in [3.8, 4) is 0 Å². The molecule has 6 rings (SSSR count). The van der Waals surface area contributed by atoms with Crippen molar-refractivity contribution >= 4 is 68.8 Å². The summed E-state index contributed by atoms with van der Waals surface area (Å²) in [5, 5.41) is 6.75. The first-order valence-electron chi connectivity index (χ1n) is 15.9. The molecule has 10 nitrogen and oxygen atoms in total. The molecule has 4 aromatic carbocycles. The van der Waals surface area contributed by atoms with Crippen LogP contribution < -0.4 is 10.2 Å². The topological polar surface area (TPSA) is 106 Å². The minimum atomic E-state index is -0.335. The van der Waals surface area contributed by atoms with Gasteiger partial charge in [-0.25, -0.2) is 0 Å². The molecule has 0 fully saturated rings. The summed E-state index contributed by atoms with van der Waals surface area (Å²) in [6.45, 7) is 8.60. The number of rotatable bonds is 13. The van der Waals surface area contributed by atoms with Gasteiger partial charge in [0.15, 0.2) is 0 Å². The summed E-state index contributed by atoms with van der Waals surface area (Å²) in [4.78, 5) is 64.1. The summed E-state index contributed by atoms with van der Waals surface area (Å²) in [5.41, 5.74) is 3.60. The van der Waals surface area contributed by atoms with E-state index < -0.39 is 0 Å². The maximum Gasteiger partial charge on any atom is 0.261 e. The van der Waals surface area contributed by atoms with Gasteiger partial charge in [0.25, 0.3) is 23.6 Å². The Labute approximate surface area is 284 Å². The highest BCUT2D eigenvalue weighted by Crippen LogP contribution is 2.37. The van der Waals surface area contributed by atoms with Gasteiger partial charge in [-0.3, -0.25) is 34.0 Å². The van der Waals surface area contributed by atoms with Gasteiger partial charge in [-0.05, 0) is 74.8 Å². The number of hydrogen-bond acceptors (Lipinski definition) is 7. The zero-order valence-electron chi connectivity index (χ0n) is 27.3. The number of carbonyl (C=O) groups is 4. The molecule has 0 unspecified atom stereocenters. The van der Waals surface area contributed by atoms with Crippen molar-refractivity contribution < 1.29 is 19.2 Å². The van der Waals surface area contributed by atoms with Crippen molar-refractivity contribution in [3.05, 3.63) is 100 Å². The van der Waals surface area contributed by atoms with E-state index in [-0.39, 0.29) is 36.7 Å². The second-order valence-corrected chi connectivity index (χ2v) is 12.4. The first-order chi connectivity index (χ1) is 23.2. The third kappa shape index (κ3) is 5.76. The molecule has 2 aliphatic heterocycles. The molecule has 0 aromatic heterocycles. The van der Waals surface area contributed by atoms with Crippen molar-refractivity contribution in [2.24, 2.45) is 4.99 Å². The SMILES string of the molecule is C=CN(C=NC)c1ccc2c3c(cccc13)C(=O)N(CCN(C)CCCNCCN1C(=O)c3cccc4c(C)c(Cl)cc(c34)C1=O)C2=O. The molecule has 0 spiro atoms. The fourth-order valence-corrected chi connectivity index (χ4v) is 6.80. The van der Waals surface area contributed by atoms with Gasteiger partial charge in [0.1, 0.15) is 0 Å². The van der Waals surface area contributed by atoms with Crippen molar-refractivity contribution in [2.75, 3.05) is 58.3 Å². The molecule has 0 radical (unpaired) electrons. The third-order valence-corrected chi connectivity index (χ3v) is 9.51. The van der Waals surface area contributed by atoms with E-state index in [1.807, 2.05) is 44.3 Å². The molecule has 11 heteroatoms. The molecule has 2 heterocycles. The van der Waals surface area contributed by atoms with Gasteiger partial charge < -0.3 is 15.1 Å². The maximum absolute atomic E-state index is 13.5. The van der Waals surface area contributed by atoms with Crippen LogP contribution in [-0.4, -0.2) is 98.0 Å². The summed E-state index contributed by atoms with van der Waals surface area (Å²) < 4.78 is 0. The van der Waals surface area contributed by atoms with Gasteiger partial charge in [-0.2, -0.15) is 0 Å². The van der Waals surface area contributed by atoms with Crippen LogP contribution >= 0.6 is 11.6 Å². The number of amides is 4. The molecule has 0 atom stereocenters.